The van der Waals surface area contributed by atoms with Gasteiger partial charge in [-0.3, -0.25) is 0 Å². The van der Waals surface area contributed by atoms with Gasteiger partial charge < -0.3 is 9.57 Å². The minimum atomic E-state index is -5.13. The van der Waals surface area contributed by atoms with Gasteiger partial charge >= 0.3 is 18.3 Å². The topological polar surface area (TPSA) is 47.9 Å². The van der Waals surface area contributed by atoms with Gasteiger partial charge in [0.25, 0.3) is 5.60 Å². The zero-order chi connectivity index (χ0) is 24.9. The van der Waals surface area contributed by atoms with E-state index in [-0.39, 0.29) is 16.8 Å². The van der Waals surface area contributed by atoms with E-state index in [0.29, 0.717) is 22.9 Å². The Morgan fingerprint density at radius 2 is 1.71 bits per heavy atom. The molecule has 0 bridgehead atoms. The third kappa shape index (κ3) is 3.96. The van der Waals surface area contributed by atoms with Crippen molar-refractivity contribution in [2.75, 3.05) is 7.11 Å². The maximum atomic E-state index is 14.3. The van der Waals surface area contributed by atoms with Crippen LogP contribution in [0.25, 0.3) is 10.8 Å². The molecular formula is C23H14ClF6NO3. The van der Waals surface area contributed by atoms with Crippen LogP contribution in [0.4, 0.5) is 26.3 Å². The molecule has 1 atom stereocenters. The van der Waals surface area contributed by atoms with Gasteiger partial charge in [-0.1, -0.05) is 47.1 Å². The minimum Gasteiger partial charge on any atom is -0.465 e. The first-order chi connectivity index (χ1) is 15.9. The van der Waals surface area contributed by atoms with Gasteiger partial charge in [0.05, 0.1) is 23.9 Å². The maximum absolute atomic E-state index is 14.3. The number of esters is 1. The Morgan fingerprint density at radius 3 is 2.32 bits per heavy atom. The predicted octanol–water partition coefficient (Wildman–Crippen LogP) is 6.88. The Morgan fingerprint density at radius 1 is 1.03 bits per heavy atom. The summed E-state index contributed by atoms with van der Waals surface area (Å²) in [5.74, 6) is -0.643. The van der Waals surface area contributed by atoms with E-state index in [0.717, 1.165) is 6.07 Å². The monoisotopic (exact) mass is 501 g/mol. The average molecular weight is 502 g/mol. The molecule has 1 aliphatic heterocycles. The van der Waals surface area contributed by atoms with Crippen LogP contribution in [-0.4, -0.2) is 25.0 Å². The Bertz CT molecular complexity index is 1320. The Labute approximate surface area is 193 Å². The molecule has 1 unspecified atom stereocenters. The number of methoxy groups -OCH3 is 1. The van der Waals surface area contributed by atoms with Crippen molar-refractivity contribution in [1.82, 2.24) is 0 Å². The first kappa shape index (κ1) is 23.9. The molecule has 0 radical (unpaired) electrons. The molecule has 1 aliphatic rings. The average Bonchev–Trinajstić information content (AvgIpc) is 3.23. The summed E-state index contributed by atoms with van der Waals surface area (Å²) in [5, 5.41) is 3.90. The fraction of sp³-hybridized carbons (Fsp3) is 0.217. The van der Waals surface area contributed by atoms with Crippen molar-refractivity contribution in [2.24, 2.45) is 5.16 Å². The van der Waals surface area contributed by atoms with Gasteiger partial charge in [-0.25, -0.2) is 4.79 Å². The molecule has 0 spiro atoms. The number of hydrogen-bond acceptors (Lipinski definition) is 4. The second-order valence-corrected chi connectivity index (χ2v) is 7.99. The molecule has 1 heterocycles. The highest BCUT2D eigenvalue weighted by Crippen LogP contribution is 2.50. The Kier molecular flexibility index (Phi) is 5.75. The normalized spacial score (nSPS) is 18.5. The zero-order valence-electron chi connectivity index (χ0n) is 17.2. The van der Waals surface area contributed by atoms with E-state index >= 15 is 0 Å². The van der Waals surface area contributed by atoms with Crippen LogP contribution < -0.4 is 0 Å². The van der Waals surface area contributed by atoms with Crippen molar-refractivity contribution in [3.05, 3.63) is 81.9 Å². The summed E-state index contributed by atoms with van der Waals surface area (Å²) < 4.78 is 87.4. The lowest BCUT2D eigenvalue weighted by Crippen LogP contribution is -2.43. The molecule has 0 saturated heterocycles. The van der Waals surface area contributed by atoms with Crippen molar-refractivity contribution >= 4 is 34.1 Å². The van der Waals surface area contributed by atoms with E-state index in [1.165, 1.54) is 19.2 Å². The molecule has 4 rings (SSSR count). The second kappa shape index (κ2) is 8.19. The van der Waals surface area contributed by atoms with Crippen LogP contribution in [0.1, 0.15) is 33.5 Å². The number of rotatable bonds is 3. The SMILES string of the molecule is COC(=O)c1ccc(C2=NOC(c3cc(Cl)cc(C(F)(F)F)c3)(C(F)(F)F)C2)c2ccccc12. The number of hydrogen-bond donors (Lipinski definition) is 0. The smallest absolute Gasteiger partial charge is 0.435 e. The quantitative estimate of drug-likeness (QED) is 0.290. The van der Waals surface area contributed by atoms with Gasteiger partial charge in [-0.05, 0) is 35.0 Å². The van der Waals surface area contributed by atoms with Gasteiger partial charge in [-0.2, -0.15) is 26.3 Å². The maximum Gasteiger partial charge on any atom is 0.435 e. The first-order valence-electron chi connectivity index (χ1n) is 9.68. The van der Waals surface area contributed by atoms with E-state index in [9.17, 15) is 31.1 Å². The summed E-state index contributed by atoms with van der Waals surface area (Å²) >= 11 is 5.73. The Balaban J connectivity index is 1.84. The summed E-state index contributed by atoms with van der Waals surface area (Å²) in [6.07, 6.45) is -11.0. The lowest BCUT2D eigenvalue weighted by Gasteiger charge is -2.30. The van der Waals surface area contributed by atoms with E-state index in [1.54, 1.807) is 24.3 Å². The molecule has 3 aromatic carbocycles. The number of carbonyl (C=O) groups excluding carboxylic acids is 1. The number of halogens is 7. The number of benzene rings is 3. The van der Waals surface area contributed by atoms with E-state index in [4.69, 9.17) is 21.2 Å². The summed E-state index contributed by atoms with van der Waals surface area (Å²) in [5.41, 5.74) is -5.09. The lowest BCUT2D eigenvalue weighted by atomic mass is 9.84. The van der Waals surface area contributed by atoms with Crippen molar-refractivity contribution in [3.8, 4) is 0 Å². The van der Waals surface area contributed by atoms with Gasteiger partial charge in [-0.15, -0.1) is 0 Å². The molecule has 0 amide bonds. The molecule has 0 aromatic heterocycles. The highest BCUT2D eigenvalue weighted by molar-refractivity contribution is 6.30. The summed E-state index contributed by atoms with van der Waals surface area (Å²) in [6.45, 7) is 0. The van der Waals surface area contributed by atoms with Crippen LogP contribution >= 0.6 is 11.6 Å². The fourth-order valence-corrected chi connectivity index (χ4v) is 4.11. The van der Waals surface area contributed by atoms with Gasteiger partial charge in [0.1, 0.15) is 0 Å². The van der Waals surface area contributed by atoms with Crippen LogP contribution in [0.2, 0.25) is 5.02 Å². The van der Waals surface area contributed by atoms with Crippen molar-refractivity contribution in [2.45, 2.75) is 24.4 Å². The van der Waals surface area contributed by atoms with Crippen molar-refractivity contribution in [1.29, 1.82) is 0 Å². The van der Waals surface area contributed by atoms with Crippen LogP contribution in [-0.2, 0) is 21.4 Å². The molecule has 0 N–H and O–H groups in total. The number of fused-ring (bicyclic) bond motifs is 1. The molecule has 11 heteroatoms. The number of ether oxygens (including phenoxy) is 1. The molecule has 178 valence electrons. The molecule has 0 saturated carbocycles. The standard InChI is InChI=1S/C23H14ClF6NO3/c1-33-20(32)18-7-6-17(15-4-2-3-5-16(15)18)19-11-21(34-31-19,23(28,29)30)12-8-13(22(25,26)27)10-14(24)9-12/h2-10H,11H2,1H3. The number of carbonyl (C=O) groups is 1. The summed E-state index contributed by atoms with van der Waals surface area (Å²) in [6, 6.07) is 10.9. The van der Waals surface area contributed by atoms with Crippen molar-refractivity contribution in [3.63, 3.8) is 0 Å². The van der Waals surface area contributed by atoms with E-state index < -0.39 is 46.5 Å². The first-order valence-corrected chi connectivity index (χ1v) is 10.1. The molecular weight excluding hydrogens is 488 g/mol. The number of oxime groups is 1. The van der Waals surface area contributed by atoms with Crippen molar-refractivity contribution < 1.29 is 40.7 Å². The fourth-order valence-electron chi connectivity index (χ4n) is 3.87. The second-order valence-electron chi connectivity index (χ2n) is 7.56. The molecule has 0 fully saturated rings. The number of nitrogens with zero attached hydrogens (tertiary/aromatic N) is 1. The van der Waals surface area contributed by atoms with Gasteiger partial charge in [0, 0.05) is 22.6 Å². The largest absolute Gasteiger partial charge is 0.465 e. The third-order valence-corrected chi connectivity index (χ3v) is 5.74. The van der Waals surface area contributed by atoms with Gasteiger partial charge in [0.15, 0.2) is 0 Å². The lowest BCUT2D eigenvalue weighted by molar-refractivity contribution is -0.276. The molecule has 3 aromatic rings. The minimum absolute atomic E-state index is 0.154. The van der Waals surface area contributed by atoms with Crippen LogP contribution in [0, 0.1) is 0 Å². The Hall–Kier alpha value is -3.27. The third-order valence-electron chi connectivity index (χ3n) is 5.52. The van der Waals surface area contributed by atoms with Crippen LogP contribution in [0.5, 0.6) is 0 Å². The zero-order valence-corrected chi connectivity index (χ0v) is 18.0. The summed E-state index contributed by atoms with van der Waals surface area (Å²) in [4.78, 5) is 17.0. The molecule has 0 aliphatic carbocycles. The van der Waals surface area contributed by atoms with Gasteiger partial charge in [0.2, 0.25) is 0 Å². The predicted molar refractivity (Wildman–Crippen MR) is 112 cm³/mol. The van der Waals surface area contributed by atoms with Crippen LogP contribution in [0.15, 0.2) is 59.8 Å². The highest BCUT2D eigenvalue weighted by atomic mass is 35.5. The highest BCUT2D eigenvalue weighted by Gasteiger charge is 2.62. The van der Waals surface area contributed by atoms with E-state index in [1.807, 2.05) is 0 Å². The number of alkyl halides is 6. The molecule has 34 heavy (non-hydrogen) atoms. The van der Waals surface area contributed by atoms with Crippen LogP contribution in [0.3, 0.4) is 0 Å². The van der Waals surface area contributed by atoms with E-state index in [2.05, 4.69) is 5.16 Å². The summed E-state index contributed by atoms with van der Waals surface area (Å²) in [7, 11) is 1.19. The molecule has 4 nitrogen and oxygen atoms in total.